The summed E-state index contributed by atoms with van der Waals surface area (Å²) >= 11 is 0. The molecule has 2 aliphatic carbocycles. The number of hydrogen-bond donors (Lipinski definition) is 0. The Balaban J connectivity index is 1.61. The molecular weight excluding hydrogens is 428 g/mol. The predicted molar refractivity (Wildman–Crippen MR) is 146 cm³/mol. The molecule has 2 unspecified atom stereocenters. The van der Waals surface area contributed by atoms with Crippen LogP contribution in [-0.4, -0.2) is 21.2 Å². The van der Waals surface area contributed by atoms with Gasteiger partial charge in [0.05, 0.1) is 11.2 Å². The summed E-state index contributed by atoms with van der Waals surface area (Å²) in [4.78, 5) is 8.60. The van der Waals surface area contributed by atoms with Crippen LogP contribution in [0.2, 0.25) is 0 Å². The van der Waals surface area contributed by atoms with E-state index in [-0.39, 0.29) is 11.2 Å². The van der Waals surface area contributed by atoms with E-state index < -0.39 is 0 Å². The first kappa shape index (κ1) is 26.3. The van der Waals surface area contributed by atoms with Crippen LogP contribution in [0.5, 0.6) is 0 Å². The zero-order valence-electron chi connectivity index (χ0n) is 22.4. The van der Waals surface area contributed by atoms with Crippen LogP contribution in [0.3, 0.4) is 0 Å². The van der Waals surface area contributed by atoms with E-state index in [1.54, 1.807) is 0 Å². The summed E-state index contributed by atoms with van der Waals surface area (Å²) in [6.45, 7) is 4.66. The van der Waals surface area contributed by atoms with Gasteiger partial charge < -0.3 is 4.74 Å². The highest BCUT2D eigenvalue weighted by Crippen LogP contribution is 2.49. The lowest BCUT2D eigenvalue weighted by Crippen LogP contribution is -2.48. The van der Waals surface area contributed by atoms with Crippen molar-refractivity contribution in [3.8, 4) is 0 Å². The topological polar surface area (TPSA) is 35.0 Å². The molecule has 2 saturated carbocycles. The van der Waals surface area contributed by atoms with E-state index in [1.165, 1.54) is 114 Å². The summed E-state index contributed by atoms with van der Waals surface area (Å²) in [5.41, 5.74) is 2.95. The summed E-state index contributed by atoms with van der Waals surface area (Å²) in [6, 6.07) is 8.98. The minimum atomic E-state index is 0.0215. The molecule has 2 atom stereocenters. The van der Waals surface area contributed by atoms with E-state index >= 15 is 0 Å². The second-order valence-corrected chi connectivity index (χ2v) is 11.5. The van der Waals surface area contributed by atoms with Crippen molar-refractivity contribution < 1.29 is 4.74 Å². The highest BCUT2D eigenvalue weighted by atomic mass is 16.5. The van der Waals surface area contributed by atoms with Gasteiger partial charge in [-0.05, 0) is 98.6 Å². The first-order chi connectivity index (χ1) is 17.2. The molecule has 4 rings (SSSR count). The van der Waals surface area contributed by atoms with Crippen LogP contribution in [0.25, 0.3) is 0 Å². The van der Waals surface area contributed by atoms with Crippen molar-refractivity contribution >= 4 is 0 Å². The van der Waals surface area contributed by atoms with E-state index in [1.807, 2.05) is 24.8 Å². The zero-order chi connectivity index (χ0) is 24.4. The Morgan fingerprint density at radius 2 is 1.00 bits per heavy atom. The van der Waals surface area contributed by atoms with E-state index in [0.717, 1.165) is 0 Å². The van der Waals surface area contributed by atoms with Crippen LogP contribution >= 0.6 is 0 Å². The zero-order valence-corrected chi connectivity index (χ0v) is 22.4. The van der Waals surface area contributed by atoms with Crippen molar-refractivity contribution in [2.45, 2.75) is 140 Å². The fourth-order valence-corrected chi connectivity index (χ4v) is 7.19. The van der Waals surface area contributed by atoms with Crippen LogP contribution in [0.1, 0.15) is 140 Å². The number of aromatic nitrogens is 2. The van der Waals surface area contributed by atoms with E-state index in [9.17, 15) is 0 Å². The molecule has 0 spiro atoms. The quantitative estimate of drug-likeness (QED) is 0.306. The van der Waals surface area contributed by atoms with Crippen molar-refractivity contribution in [3.63, 3.8) is 0 Å². The Morgan fingerprint density at radius 1 is 0.629 bits per heavy atom. The normalized spacial score (nSPS) is 21.3. The first-order valence-electron chi connectivity index (χ1n) is 14.7. The standard InChI is InChI=1S/C32H48N2O/c1-3-11-29(27-13-21-33-22-14-27)25-31(17-7-5-8-18-31)35-32(19-9-6-10-20-32)26-30(12-4-2)28-15-23-34-24-16-28/h13-16,21-24,29-30H,3-12,17-20,25-26H2,1-2H3. The molecule has 0 aromatic carbocycles. The molecule has 0 N–H and O–H groups in total. The Kier molecular flexibility index (Phi) is 9.77. The molecule has 2 aromatic rings. The van der Waals surface area contributed by atoms with Gasteiger partial charge in [-0.15, -0.1) is 0 Å². The van der Waals surface area contributed by atoms with E-state index in [2.05, 4.69) is 48.1 Å². The van der Waals surface area contributed by atoms with Crippen molar-refractivity contribution in [2.24, 2.45) is 0 Å². The molecule has 0 amide bonds. The number of pyridine rings is 2. The van der Waals surface area contributed by atoms with Crippen LogP contribution in [-0.2, 0) is 4.74 Å². The van der Waals surface area contributed by atoms with Gasteiger partial charge in [0.15, 0.2) is 0 Å². The average molecular weight is 477 g/mol. The SMILES string of the molecule is CCCC(CC1(OC2(CC(CCC)c3ccncc3)CCCCC2)CCCCC1)c1ccncc1. The molecule has 3 heteroatoms. The minimum absolute atomic E-state index is 0.0215. The van der Waals surface area contributed by atoms with Crippen molar-refractivity contribution in [1.29, 1.82) is 0 Å². The van der Waals surface area contributed by atoms with Crippen molar-refractivity contribution in [2.75, 3.05) is 0 Å². The Bertz CT molecular complexity index is 769. The van der Waals surface area contributed by atoms with Crippen molar-refractivity contribution in [3.05, 3.63) is 60.2 Å². The molecule has 3 nitrogen and oxygen atoms in total. The largest absolute Gasteiger partial charge is 0.369 e. The van der Waals surface area contributed by atoms with Crippen LogP contribution in [0.4, 0.5) is 0 Å². The number of rotatable bonds is 12. The van der Waals surface area contributed by atoms with Crippen molar-refractivity contribution in [1.82, 2.24) is 9.97 Å². The molecule has 35 heavy (non-hydrogen) atoms. The third-order valence-corrected chi connectivity index (χ3v) is 8.83. The van der Waals surface area contributed by atoms with Gasteiger partial charge in [-0.2, -0.15) is 0 Å². The maximum absolute atomic E-state index is 7.67. The third kappa shape index (κ3) is 7.15. The highest BCUT2D eigenvalue weighted by molar-refractivity contribution is 5.18. The molecule has 2 aromatic heterocycles. The molecule has 2 aliphatic rings. The fraction of sp³-hybridized carbons (Fsp3) is 0.688. The van der Waals surface area contributed by atoms with E-state index in [0.29, 0.717) is 11.8 Å². The van der Waals surface area contributed by atoms with Gasteiger partial charge >= 0.3 is 0 Å². The molecule has 2 fully saturated rings. The Labute approximate surface area is 214 Å². The van der Waals surface area contributed by atoms with E-state index in [4.69, 9.17) is 4.74 Å². The second kappa shape index (κ2) is 13.0. The number of hydrogen-bond acceptors (Lipinski definition) is 3. The first-order valence-corrected chi connectivity index (χ1v) is 14.7. The average Bonchev–Trinajstić information content (AvgIpc) is 2.90. The lowest BCUT2D eigenvalue weighted by Gasteiger charge is -2.50. The van der Waals surface area contributed by atoms with Gasteiger partial charge in [-0.25, -0.2) is 0 Å². The Hall–Kier alpha value is -1.74. The van der Waals surface area contributed by atoms with Gasteiger partial charge in [-0.3, -0.25) is 9.97 Å². The smallest absolute Gasteiger partial charge is 0.0696 e. The lowest BCUT2D eigenvalue weighted by atomic mass is 9.72. The van der Waals surface area contributed by atoms with Crippen LogP contribution < -0.4 is 0 Å². The van der Waals surface area contributed by atoms with Crippen LogP contribution in [0.15, 0.2) is 49.1 Å². The molecule has 192 valence electrons. The molecule has 2 heterocycles. The predicted octanol–water partition coefficient (Wildman–Crippen LogP) is 9.15. The van der Waals surface area contributed by atoms with Gasteiger partial charge in [0.1, 0.15) is 0 Å². The van der Waals surface area contributed by atoms with Crippen LogP contribution in [0, 0.1) is 0 Å². The summed E-state index contributed by atoms with van der Waals surface area (Å²) in [6.07, 6.45) is 28.0. The Morgan fingerprint density at radius 3 is 1.34 bits per heavy atom. The summed E-state index contributed by atoms with van der Waals surface area (Å²) in [5.74, 6) is 1.13. The minimum Gasteiger partial charge on any atom is -0.369 e. The summed E-state index contributed by atoms with van der Waals surface area (Å²) in [7, 11) is 0. The van der Waals surface area contributed by atoms with Gasteiger partial charge in [-0.1, -0.05) is 65.2 Å². The molecule has 0 aliphatic heterocycles. The fourth-order valence-electron chi connectivity index (χ4n) is 7.19. The third-order valence-electron chi connectivity index (χ3n) is 8.83. The maximum Gasteiger partial charge on any atom is 0.0696 e. The number of nitrogens with zero attached hydrogens (tertiary/aromatic N) is 2. The molecule has 0 saturated heterocycles. The van der Waals surface area contributed by atoms with Gasteiger partial charge in [0.2, 0.25) is 0 Å². The molecule has 0 radical (unpaired) electrons. The van der Waals surface area contributed by atoms with Gasteiger partial charge in [0.25, 0.3) is 0 Å². The second-order valence-electron chi connectivity index (χ2n) is 11.5. The summed E-state index contributed by atoms with van der Waals surface area (Å²) < 4.78 is 7.67. The molecular formula is C32H48N2O. The lowest BCUT2D eigenvalue weighted by molar-refractivity contribution is -0.195. The monoisotopic (exact) mass is 476 g/mol. The summed E-state index contributed by atoms with van der Waals surface area (Å²) in [5, 5.41) is 0. The number of ether oxygens (including phenoxy) is 1. The molecule has 0 bridgehead atoms. The highest BCUT2D eigenvalue weighted by Gasteiger charge is 2.45. The van der Waals surface area contributed by atoms with Gasteiger partial charge in [0, 0.05) is 24.8 Å². The maximum atomic E-state index is 7.67.